The number of methoxy groups -OCH3 is 1. The van der Waals surface area contributed by atoms with Crippen LogP contribution in [0.5, 0.6) is 5.75 Å². The summed E-state index contributed by atoms with van der Waals surface area (Å²) in [6, 6.07) is 5.67. The highest BCUT2D eigenvalue weighted by molar-refractivity contribution is 5.75. The fourth-order valence-corrected chi connectivity index (χ4v) is 1.49. The molecule has 0 heterocycles. The fourth-order valence-electron chi connectivity index (χ4n) is 1.49. The molecule has 3 heteroatoms. The Hall–Kier alpha value is -1.51. The van der Waals surface area contributed by atoms with Crippen molar-refractivity contribution in [3.8, 4) is 5.75 Å². The Bertz CT molecular complexity index is 383. The predicted molar refractivity (Wildman–Crippen MR) is 63.1 cm³/mol. The zero-order chi connectivity index (χ0) is 12.3. The SMILES string of the molecule is COc1cc(C(C)C)cc(C(C)C(=O)O)c1. The summed E-state index contributed by atoms with van der Waals surface area (Å²) in [6.07, 6.45) is 0. The maximum atomic E-state index is 10.9. The highest BCUT2D eigenvalue weighted by atomic mass is 16.5. The van der Waals surface area contributed by atoms with E-state index in [1.807, 2.05) is 12.1 Å². The first-order valence-corrected chi connectivity index (χ1v) is 5.37. The monoisotopic (exact) mass is 222 g/mol. The molecule has 1 atom stereocenters. The minimum Gasteiger partial charge on any atom is -0.497 e. The lowest BCUT2D eigenvalue weighted by Gasteiger charge is -2.13. The highest BCUT2D eigenvalue weighted by Crippen LogP contribution is 2.27. The van der Waals surface area contributed by atoms with Gasteiger partial charge in [-0.05, 0) is 36.1 Å². The van der Waals surface area contributed by atoms with Gasteiger partial charge < -0.3 is 9.84 Å². The van der Waals surface area contributed by atoms with Gasteiger partial charge in [-0.15, -0.1) is 0 Å². The lowest BCUT2D eigenvalue weighted by atomic mass is 9.94. The third kappa shape index (κ3) is 2.75. The molecule has 1 aromatic rings. The molecular formula is C13H18O3. The van der Waals surface area contributed by atoms with Gasteiger partial charge in [0.15, 0.2) is 0 Å². The standard InChI is InChI=1S/C13H18O3/c1-8(2)10-5-11(9(3)13(14)15)7-12(6-10)16-4/h5-9H,1-4H3,(H,14,15). The summed E-state index contributed by atoms with van der Waals surface area (Å²) in [5.41, 5.74) is 1.89. The third-order valence-electron chi connectivity index (χ3n) is 2.72. The average molecular weight is 222 g/mol. The van der Waals surface area contributed by atoms with E-state index in [4.69, 9.17) is 9.84 Å². The molecule has 1 aromatic carbocycles. The van der Waals surface area contributed by atoms with Crippen LogP contribution in [0.15, 0.2) is 18.2 Å². The van der Waals surface area contributed by atoms with Gasteiger partial charge in [0.25, 0.3) is 0 Å². The summed E-state index contributed by atoms with van der Waals surface area (Å²) in [5, 5.41) is 8.99. The molecular weight excluding hydrogens is 204 g/mol. The second kappa shape index (κ2) is 5.01. The van der Waals surface area contributed by atoms with Gasteiger partial charge in [-0.25, -0.2) is 0 Å². The van der Waals surface area contributed by atoms with Gasteiger partial charge in [0.1, 0.15) is 5.75 Å². The molecule has 0 saturated heterocycles. The van der Waals surface area contributed by atoms with Gasteiger partial charge in [-0.2, -0.15) is 0 Å². The van der Waals surface area contributed by atoms with Crippen molar-refractivity contribution < 1.29 is 14.6 Å². The van der Waals surface area contributed by atoms with Crippen LogP contribution in [-0.4, -0.2) is 18.2 Å². The molecule has 16 heavy (non-hydrogen) atoms. The van der Waals surface area contributed by atoms with Gasteiger partial charge in [0, 0.05) is 0 Å². The van der Waals surface area contributed by atoms with E-state index in [0.717, 1.165) is 11.1 Å². The molecule has 0 radical (unpaired) electrons. The smallest absolute Gasteiger partial charge is 0.310 e. The van der Waals surface area contributed by atoms with Crippen LogP contribution in [0.3, 0.4) is 0 Å². The van der Waals surface area contributed by atoms with Gasteiger partial charge in [0.2, 0.25) is 0 Å². The third-order valence-corrected chi connectivity index (χ3v) is 2.72. The van der Waals surface area contributed by atoms with Crippen molar-refractivity contribution in [2.75, 3.05) is 7.11 Å². The number of rotatable bonds is 4. The molecule has 0 saturated carbocycles. The molecule has 0 aliphatic carbocycles. The Morgan fingerprint density at radius 2 is 1.75 bits per heavy atom. The van der Waals surface area contributed by atoms with E-state index in [1.54, 1.807) is 20.1 Å². The zero-order valence-electron chi connectivity index (χ0n) is 10.2. The van der Waals surface area contributed by atoms with Crippen molar-refractivity contribution in [1.82, 2.24) is 0 Å². The van der Waals surface area contributed by atoms with Crippen molar-refractivity contribution in [3.05, 3.63) is 29.3 Å². The van der Waals surface area contributed by atoms with Crippen LogP contribution in [-0.2, 0) is 4.79 Å². The van der Waals surface area contributed by atoms with Gasteiger partial charge in [0.05, 0.1) is 13.0 Å². The van der Waals surface area contributed by atoms with Crippen LogP contribution < -0.4 is 4.74 Å². The van der Waals surface area contributed by atoms with Crippen molar-refractivity contribution in [2.45, 2.75) is 32.6 Å². The number of carboxylic acids is 1. The van der Waals surface area contributed by atoms with E-state index in [9.17, 15) is 4.79 Å². The number of ether oxygens (including phenoxy) is 1. The van der Waals surface area contributed by atoms with Crippen LogP contribution in [0, 0.1) is 0 Å². The second-order valence-electron chi connectivity index (χ2n) is 4.25. The summed E-state index contributed by atoms with van der Waals surface area (Å²) in [7, 11) is 1.59. The van der Waals surface area contributed by atoms with Crippen LogP contribution >= 0.6 is 0 Å². The first-order valence-electron chi connectivity index (χ1n) is 5.37. The van der Waals surface area contributed by atoms with Crippen molar-refractivity contribution in [3.63, 3.8) is 0 Å². The quantitative estimate of drug-likeness (QED) is 0.851. The molecule has 0 spiro atoms. The molecule has 0 fully saturated rings. The van der Waals surface area contributed by atoms with E-state index in [1.165, 1.54) is 0 Å². The number of carbonyl (C=O) groups is 1. The Labute approximate surface area is 96.1 Å². The number of aliphatic carboxylic acids is 1. The minimum atomic E-state index is -0.817. The van der Waals surface area contributed by atoms with E-state index in [2.05, 4.69) is 13.8 Å². The summed E-state index contributed by atoms with van der Waals surface area (Å²) in [4.78, 5) is 10.9. The van der Waals surface area contributed by atoms with E-state index in [0.29, 0.717) is 11.7 Å². The van der Waals surface area contributed by atoms with Gasteiger partial charge >= 0.3 is 5.97 Å². The molecule has 1 N–H and O–H groups in total. The van der Waals surface area contributed by atoms with E-state index in [-0.39, 0.29) is 0 Å². The van der Waals surface area contributed by atoms with Crippen molar-refractivity contribution in [2.24, 2.45) is 0 Å². The maximum Gasteiger partial charge on any atom is 0.310 e. The summed E-state index contributed by atoms with van der Waals surface area (Å²) >= 11 is 0. The Morgan fingerprint density at radius 1 is 1.19 bits per heavy atom. The molecule has 1 rings (SSSR count). The number of benzene rings is 1. The van der Waals surface area contributed by atoms with Crippen LogP contribution in [0.1, 0.15) is 43.7 Å². The number of carboxylic acid groups (broad SMARTS) is 1. The van der Waals surface area contributed by atoms with E-state index >= 15 is 0 Å². The Kier molecular flexibility index (Phi) is 3.93. The molecule has 0 aliphatic rings. The molecule has 0 amide bonds. The molecule has 88 valence electrons. The molecule has 0 bridgehead atoms. The molecule has 1 unspecified atom stereocenters. The Morgan fingerprint density at radius 3 is 2.19 bits per heavy atom. The summed E-state index contributed by atoms with van der Waals surface area (Å²) in [6.45, 7) is 5.83. The predicted octanol–water partition coefficient (Wildman–Crippen LogP) is 3.01. The first kappa shape index (κ1) is 12.6. The topological polar surface area (TPSA) is 46.5 Å². The average Bonchev–Trinajstić information content (AvgIpc) is 2.27. The fraction of sp³-hybridized carbons (Fsp3) is 0.462. The minimum absolute atomic E-state index is 0.356. The summed E-state index contributed by atoms with van der Waals surface area (Å²) < 4.78 is 5.18. The normalized spacial score (nSPS) is 12.6. The van der Waals surface area contributed by atoms with Crippen molar-refractivity contribution >= 4 is 5.97 Å². The lowest BCUT2D eigenvalue weighted by Crippen LogP contribution is -2.08. The largest absolute Gasteiger partial charge is 0.497 e. The second-order valence-corrected chi connectivity index (χ2v) is 4.25. The molecule has 0 aliphatic heterocycles. The lowest BCUT2D eigenvalue weighted by molar-refractivity contribution is -0.138. The number of hydrogen-bond donors (Lipinski definition) is 1. The highest BCUT2D eigenvalue weighted by Gasteiger charge is 2.16. The Balaban J connectivity index is 3.18. The zero-order valence-corrected chi connectivity index (χ0v) is 10.2. The van der Waals surface area contributed by atoms with Gasteiger partial charge in [-0.3, -0.25) is 4.79 Å². The van der Waals surface area contributed by atoms with Crippen molar-refractivity contribution in [1.29, 1.82) is 0 Å². The first-order chi connectivity index (χ1) is 7.45. The molecule has 3 nitrogen and oxygen atoms in total. The maximum absolute atomic E-state index is 10.9. The van der Waals surface area contributed by atoms with Crippen LogP contribution in [0.25, 0.3) is 0 Å². The van der Waals surface area contributed by atoms with Crippen LogP contribution in [0.4, 0.5) is 0 Å². The van der Waals surface area contributed by atoms with E-state index < -0.39 is 11.9 Å². The number of hydrogen-bond acceptors (Lipinski definition) is 2. The van der Waals surface area contributed by atoms with Gasteiger partial charge in [-0.1, -0.05) is 19.9 Å². The molecule has 0 aromatic heterocycles. The van der Waals surface area contributed by atoms with Crippen LogP contribution in [0.2, 0.25) is 0 Å². The summed E-state index contributed by atoms with van der Waals surface area (Å²) in [5.74, 6) is -0.250.